The molecule has 82 valence electrons. The number of ether oxygens (including phenoxy) is 1. The van der Waals surface area contributed by atoms with Crippen LogP contribution in [0.25, 0.3) is 0 Å². The molecule has 1 aromatic carbocycles. The summed E-state index contributed by atoms with van der Waals surface area (Å²) in [6, 6.07) is 3.30. The van der Waals surface area contributed by atoms with E-state index in [9.17, 15) is 4.79 Å². The molecule has 0 saturated heterocycles. The standard InChI is InChI=1S/C10H12BrNO3/c1-6(14)8-4-7(11)5-9(12)10(8)15-3-2-13/h4-5,13H,2-3,12H2,1H3. The Morgan fingerprint density at radius 1 is 1.60 bits per heavy atom. The maximum Gasteiger partial charge on any atom is 0.163 e. The minimum absolute atomic E-state index is 0.117. The smallest absolute Gasteiger partial charge is 0.163 e. The summed E-state index contributed by atoms with van der Waals surface area (Å²) in [5, 5.41) is 8.64. The van der Waals surface area contributed by atoms with Crippen LogP contribution in [0, 0.1) is 0 Å². The number of hydrogen-bond donors (Lipinski definition) is 2. The summed E-state index contributed by atoms with van der Waals surface area (Å²) in [6.45, 7) is 1.44. The zero-order valence-corrected chi connectivity index (χ0v) is 9.87. The highest BCUT2D eigenvalue weighted by Gasteiger charge is 2.13. The molecule has 0 aliphatic carbocycles. The van der Waals surface area contributed by atoms with Gasteiger partial charge in [0, 0.05) is 4.47 Å². The van der Waals surface area contributed by atoms with Gasteiger partial charge in [-0.15, -0.1) is 0 Å². The lowest BCUT2D eigenvalue weighted by Crippen LogP contribution is -2.08. The molecule has 0 spiro atoms. The zero-order chi connectivity index (χ0) is 11.4. The fourth-order valence-electron chi connectivity index (χ4n) is 1.19. The Labute approximate surface area is 96.2 Å². The lowest BCUT2D eigenvalue weighted by Gasteiger charge is -2.11. The predicted molar refractivity (Wildman–Crippen MR) is 61.1 cm³/mol. The number of hydrogen-bond acceptors (Lipinski definition) is 4. The van der Waals surface area contributed by atoms with E-state index in [4.69, 9.17) is 15.6 Å². The van der Waals surface area contributed by atoms with Crippen molar-refractivity contribution in [3.05, 3.63) is 22.2 Å². The second kappa shape index (κ2) is 5.14. The van der Waals surface area contributed by atoms with E-state index in [0.717, 1.165) is 4.47 Å². The fourth-order valence-corrected chi connectivity index (χ4v) is 1.66. The van der Waals surface area contributed by atoms with Crippen LogP contribution in [-0.2, 0) is 0 Å². The topological polar surface area (TPSA) is 72.6 Å². The summed E-state index contributed by atoms with van der Waals surface area (Å²) in [6.07, 6.45) is 0. The second-order valence-corrected chi connectivity index (χ2v) is 3.92. The Hall–Kier alpha value is -1.07. The van der Waals surface area contributed by atoms with Gasteiger partial charge in [0.25, 0.3) is 0 Å². The van der Waals surface area contributed by atoms with Crippen molar-refractivity contribution in [2.45, 2.75) is 6.92 Å². The number of halogens is 1. The van der Waals surface area contributed by atoms with Gasteiger partial charge in [0.15, 0.2) is 11.5 Å². The van der Waals surface area contributed by atoms with Crippen molar-refractivity contribution in [1.82, 2.24) is 0 Å². The van der Waals surface area contributed by atoms with Gasteiger partial charge in [-0.05, 0) is 19.1 Å². The van der Waals surface area contributed by atoms with E-state index < -0.39 is 0 Å². The first-order valence-electron chi connectivity index (χ1n) is 4.40. The summed E-state index contributed by atoms with van der Waals surface area (Å²) >= 11 is 3.25. The van der Waals surface area contributed by atoms with Crippen molar-refractivity contribution in [3.8, 4) is 5.75 Å². The van der Waals surface area contributed by atoms with Crippen molar-refractivity contribution in [1.29, 1.82) is 0 Å². The van der Waals surface area contributed by atoms with Gasteiger partial charge >= 0.3 is 0 Å². The van der Waals surface area contributed by atoms with Gasteiger partial charge in [-0.2, -0.15) is 0 Å². The molecule has 0 fully saturated rings. The van der Waals surface area contributed by atoms with Crippen LogP contribution in [0.2, 0.25) is 0 Å². The van der Waals surface area contributed by atoms with Crippen LogP contribution in [0.5, 0.6) is 5.75 Å². The molecule has 0 atom stereocenters. The molecule has 15 heavy (non-hydrogen) atoms. The fraction of sp³-hybridized carbons (Fsp3) is 0.300. The van der Waals surface area contributed by atoms with Gasteiger partial charge in [-0.1, -0.05) is 15.9 Å². The number of nitrogen functional groups attached to an aromatic ring is 1. The molecule has 0 aromatic heterocycles. The minimum atomic E-state index is -0.129. The molecule has 1 rings (SSSR count). The second-order valence-electron chi connectivity index (χ2n) is 3.00. The lowest BCUT2D eigenvalue weighted by molar-refractivity contribution is 0.101. The van der Waals surface area contributed by atoms with Gasteiger partial charge < -0.3 is 15.6 Å². The molecule has 4 nitrogen and oxygen atoms in total. The molecule has 0 radical (unpaired) electrons. The van der Waals surface area contributed by atoms with Crippen LogP contribution >= 0.6 is 15.9 Å². The maximum atomic E-state index is 11.3. The molecular formula is C10H12BrNO3. The van der Waals surface area contributed by atoms with Crippen LogP contribution in [0.1, 0.15) is 17.3 Å². The van der Waals surface area contributed by atoms with Gasteiger partial charge in [-0.3, -0.25) is 4.79 Å². The third-order valence-electron chi connectivity index (χ3n) is 1.80. The molecule has 0 saturated carbocycles. The van der Waals surface area contributed by atoms with E-state index in [0.29, 0.717) is 17.0 Å². The normalized spacial score (nSPS) is 10.1. The first-order valence-corrected chi connectivity index (χ1v) is 5.19. The van der Waals surface area contributed by atoms with E-state index in [1.165, 1.54) is 6.92 Å². The molecule has 0 heterocycles. The van der Waals surface area contributed by atoms with Gasteiger partial charge in [0.2, 0.25) is 0 Å². The molecule has 5 heteroatoms. The number of nitrogens with two attached hydrogens (primary N) is 1. The highest BCUT2D eigenvalue weighted by molar-refractivity contribution is 9.10. The number of anilines is 1. The Morgan fingerprint density at radius 2 is 2.27 bits per heavy atom. The summed E-state index contributed by atoms with van der Waals surface area (Å²) in [5.41, 5.74) is 6.50. The number of aliphatic hydroxyl groups excluding tert-OH is 1. The van der Waals surface area contributed by atoms with Crippen LogP contribution in [0.15, 0.2) is 16.6 Å². The highest BCUT2D eigenvalue weighted by Crippen LogP contribution is 2.30. The number of ketones is 1. The third kappa shape index (κ3) is 2.94. The van der Waals surface area contributed by atoms with Gasteiger partial charge in [0.1, 0.15) is 6.61 Å². The van der Waals surface area contributed by atoms with Crippen molar-refractivity contribution in [3.63, 3.8) is 0 Å². The lowest BCUT2D eigenvalue weighted by atomic mass is 10.1. The van der Waals surface area contributed by atoms with Crippen molar-refractivity contribution in [2.24, 2.45) is 0 Å². The largest absolute Gasteiger partial charge is 0.488 e. The first-order chi connectivity index (χ1) is 7.06. The Kier molecular flexibility index (Phi) is 4.11. The first kappa shape index (κ1) is 12.0. The SMILES string of the molecule is CC(=O)c1cc(Br)cc(N)c1OCCO. The number of rotatable bonds is 4. The molecule has 0 unspecified atom stereocenters. The van der Waals surface area contributed by atoms with E-state index >= 15 is 0 Å². The number of Topliss-reactive ketones (excluding diaryl/α,β-unsaturated/α-hetero) is 1. The predicted octanol–water partition coefficient (Wildman–Crippen LogP) is 1.60. The monoisotopic (exact) mass is 273 g/mol. The van der Waals surface area contributed by atoms with Crippen LogP contribution in [-0.4, -0.2) is 24.1 Å². The zero-order valence-electron chi connectivity index (χ0n) is 8.29. The van der Waals surface area contributed by atoms with Gasteiger partial charge in [-0.25, -0.2) is 0 Å². The van der Waals surface area contributed by atoms with Crippen molar-refractivity contribution < 1.29 is 14.6 Å². The molecule has 3 N–H and O–H groups in total. The Balaban J connectivity index is 3.15. The molecule has 0 aliphatic heterocycles. The average molecular weight is 274 g/mol. The van der Waals surface area contributed by atoms with Crippen LogP contribution in [0.4, 0.5) is 5.69 Å². The van der Waals surface area contributed by atoms with Crippen molar-refractivity contribution >= 4 is 27.4 Å². The number of carbonyl (C=O) groups excluding carboxylic acids is 1. The molecule has 0 bridgehead atoms. The summed E-state index contributed by atoms with van der Waals surface area (Å²) in [4.78, 5) is 11.3. The van der Waals surface area contributed by atoms with Crippen molar-refractivity contribution in [2.75, 3.05) is 18.9 Å². The molecular weight excluding hydrogens is 262 g/mol. The Bertz CT molecular complexity index is 379. The minimum Gasteiger partial charge on any atom is -0.488 e. The quantitative estimate of drug-likeness (QED) is 0.646. The summed E-state index contributed by atoms with van der Waals surface area (Å²) in [5.74, 6) is 0.204. The summed E-state index contributed by atoms with van der Waals surface area (Å²) < 4.78 is 5.94. The van der Waals surface area contributed by atoms with E-state index in [1.807, 2.05) is 0 Å². The third-order valence-corrected chi connectivity index (χ3v) is 2.26. The van der Waals surface area contributed by atoms with Crippen LogP contribution in [0.3, 0.4) is 0 Å². The molecule has 0 aliphatic rings. The van der Waals surface area contributed by atoms with Crippen LogP contribution < -0.4 is 10.5 Å². The van der Waals surface area contributed by atoms with E-state index in [1.54, 1.807) is 12.1 Å². The maximum absolute atomic E-state index is 11.3. The van der Waals surface area contributed by atoms with E-state index in [2.05, 4.69) is 15.9 Å². The summed E-state index contributed by atoms with van der Waals surface area (Å²) in [7, 11) is 0. The van der Waals surface area contributed by atoms with E-state index in [-0.39, 0.29) is 19.0 Å². The molecule has 0 amide bonds. The number of carbonyl (C=O) groups is 1. The number of benzene rings is 1. The average Bonchev–Trinajstić information content (AvgIpc) is 2.15. The highest BCUT2D eigenvalue weighted by atomic mass is 79.9. The molecule has 1 aromatic rings. The Morgan fingerprint density at radius 3 is 2.80 bits per heavy atom. The van der Waals surface area contributed by atoms with Gasteiger partial charge in [0.05, 0.1) is 17.9 Å². The number of aliphatic hydroxyl groups is 1.